The van der Waals surface area contributed by atoms with Crippen molar-refractivity contribution in [1.29, 1.82) is 0 Å². The van der Waals surface area contributed by atoms with Crippen LogP contribution in [0.25, 0.3) is 0 Å². The van der Waals surface area contributed by atoms with Gasteiger partial charge in [-0.25, -0.2) is 0 Å². The minimum atomic E-state index is 0.133. The van der Waals surface area contributed by atoms with E-state index in [4.69, 9.17) is 5.73 Å². The maximum absolute atomic E-state index is 6.13. The Hall–Kier alpha value is -0.480. The second-order valence-corrected chi connectivity index (χ2v) is 5.77. The second kappa shape index (κ2) is 7.07. The Bertz CT molecular complexity index is 347. The minimum absolute atomic E-state index is 0.133. The lowest BCUT2D eigenvalue weighted by Crippen LogP contribution is -2.11. The summed E-state index contributed by atoms with van der Waals surface area (Å²) in [6.45, 7) is 9.54. The average Bonchev–Trinajstić information content (AvgIpc) is 2.59. The van der Waals surface area contributed by atoms with Crippen molar-refractivity contribution in [2.45, 2.75) is 53.1 Å². The number of thioether (sulfide) groups is 1. The van der Waals surface area contributed by atoms with Crippen molar-refractivity contribution >= 4 is 11.8 Å². The predicted molar refractivity (Wildman–Crippen MR) is 76.5 cm³/mol. The monoisotopic (exact) mass is 255 g/mol. The third kappa shape index (κ3) is 3.75. The van der Waals surface area contributed by atoms with E-state index in [-0.39, 0.29) is 6.04 Å². The average molecular weight is 255 g/mol. The fraction of sp³-hybridized carbons (Fsp3) is 0.769. The van der Waals surface area contributed by atoms with Gasteiger partial charge in [-0.3, -0.25) is 4.68 Å². The maximum Gasteiger partial charge on any atom is 0.0644 e. The Labute approximate surface area is 109 Å². The van der Waals surface area contributed by atoms with E-state index in [2.05, 4.69) is 37.5 Å². The fourth-order valence-electron chi connectivity index (χ4n) is 2.13. The van der Waals surface area contributed by atoms with Crippen LogP contribution in [0, 0.1) is 13.8 Å². The smallest absolute Gasteiger partial charge is 0.0644 e. The van der Waals surface area contributed by atoms with Gasteiger partial charge in [-0.2, -0.15) is 16.9 Å². The summed E-state index contributed by atoms with van der Waals surface area (Å²) >= 11 is 1.99. The molecule has 1 atom stereocenters. The summed E-state index contributed by atoms with van der Waals surface area (Å²) in [6.07, 6.45) is 2.15. The van der Waals surface area contributed by atoms with E-state index in [1.807, 2.05) is 11.8 Å². The van der Waals surface area contributed by atoms with E-state index in [0.29, 0.717) is 0 Å². The Morgan fingerprint density at radius 1 is 1.35 bits per heavy atom. The van der Waals surface area contributed by atoms with Crippen molar-refractivity contribution in [1.82, 2.24) is 9.78 Å². The van der Waals surface area contributed by atoms with Gasteiger partial charge < -0.3 is 5.73 Å². The lowest BCUT2D eigenvalue weighted by Gasteiger charge is -2.10. The van der Waals surface area contributed by atoms with Gasteiger partial charge in [-0.1, -0.05) is 13.8 Å². The Balaban J connectivity index is 2.68. The molecule has 4 heteroatoms. The van der Waals surface area contributed by atoms with Crippen LogP contribution in [0.3, 0.4) is 0 Å². The third-order valence-electron chi connectivity index (χ3n) is 3.11. The summed E-state index contributed by atoms with van der Waals surface area (Å²) in [6, 6.07) is 0.133. The van der Waals surface area contributed by atoms with Crippen molar-refractivity contribution in [3.63, 3.8) is 0 Å². The third-order valence-corrected chi connectivity index (χ3v) is 4.10. The topological polar surface area (TPSA) is 43.8 Å². The molecule has 0 aromatic carbocycles. The van der Waals surface area contributed by atoms with Crippen LogP contribution >= 0.6 is 11.8 Å². The highest BCUT2D eigenvalue weighted by molar-refractivity contribution is 7.99. The molecular formula is C13H25N3S. The lowest BCUT2D eigenvalue weighted by atomic mass is 10.0. The molecule has 0 amide bonds. The molecule has 0 aliphatic heterocycles. The van der Waals surface area contributed by atoms with Gasteiger partial charge in [0.15, 0.2) is 0 Å². The van der Waals surface area contributed by atoms with Crippen molar-refractivity contribution in [3.05, 3.63) is 17.0 Å². The zero-order valence-electron chi connectivity index (χ0n) is 11.5. The highest BCUT2D eigenvalue weighted by Crippen LogP contribution is 2.22. The van der Waals surface area contributed by atoms with Crippen LogP contribution in [0.1, 0.15) is 49.7 Å². The van der Waals surface area contributed by atoms with Gasteiger partial charge in [0, 0.05) is 23.8 Å². The van der Waals surface area contributed by atoms with E-state index in [9.17, 15) is 0 Å². The summed E-state index contributed by atoms with van der Waals surface area (Å²) in [5, 5.41) is 4.60. The number of aromatic nitrogens is 2. The number of hydrogen-bond acceptors (Lipinski definition) is 3. The summed E-state index contributed by atoms with van der Waals surface area (Å²) in [5.41, 5.74) is 9.72. The van der Waals surface area contributed by atoms with Crippen molar-refractivity contribution in [3.8, 4) is 0 Å². The number of aryl methyl sites for hydroxylation is 2. The van der Waals surface area contributed by atoms with Gasteiger partial charge in [0.25, 0.3) is 0 Å². The molecule has 3 nitrogen and oxygen atoms in total. The quantitative estimate of drug-likeness (QED) is 0.762. The predicted octanol–water partition coefficient (Wildman–Crippen LogP) is 3.05. The molecule has 0 aliphatic carbocycles. The highest BCUT2D eigenvalue weighted by atomic mass is 32.2. The summed E-state index contributed by atoms with van der Waals surface area (Å²) in [4.78, 5) is 0. The van der Waals surface area contributed by atoms with E-state index < -0.39 is 0 Å². The number of nitrogens with zero attached hydrogens (tertiary/aromatic N) is 2. The number of nitrogens with two attached hydrogens (primary N) is 1. The van der Waals surface area contributed by atoms with Crippen LogP contribution < -0.4 is 5.73 Å². The molecule has 0 fully saturated rings. The minimum Gasteiger partial charge on any atom is -0.324 e. The number of hydrogen-bond donors (Lipinski definition) is 1. The molecule has 0 saturated heterocycles. The van der Waals surface area contributed by atoms with E-state index in [1.165, 1.54) is 29.2 Å². The Morgan fingerprint density at radius 2 is 2.06 bits per heavy atom. The van der Waals surface area contributed by atoms with Gasteiger partial charge in [-0.15, -0.1) is 0 Å². The van der Waals surface area contributed by atoms with Crippen molar-refractivity contribution in [2.75, 3.05) is 11.5 Å². The molecule has 0 saturated carbocycles. The SMILES string of the molecule is CCSCCCn1nc(C)c(C(N)CC)c1C. The molecule has 0 spiro atoms. The standard InChI is InChI=1S/C13H25N3S/c1-5-12(14)13-10(3)15-16(11(13)4)8-7-9-17-6-2/h12H,5-9,14H2,1-4H3. The molecule has 98 valence electrons. The molecule has 1 aromatic heterocycles. The zero-order chi connectivity index (χ0) is 12.8. The first-order chi connectivity index (χ1) is 8.11. The maximum atomic E-state index is 6.13. The molecule has 0 radical (unpaired) electrons. The molecule has 1 rings (SSSR count). The molecule has 1 heterocycles. The van der Waals surface area contributed by atoms with Crippen molar-refractivity contribution in [2.24, 2.45) is 5.73 Å². The Morgan fingerprint density at radius 3 is 2.65 bits per heavy atom. The van der Waals surface area contributed by atoms with Crippen LogP contribution in [0.5, 0.6) is 0 Å². The van der Waals surface area contributed by atoms with Gasteiger partial charge in [0.1, 0.15) is 0 Å². The highest BCUT2D eigenvalue weighted by Gasteiger charge is 2.16. The molecule has 2 N–H and O–H groups in total. The number of rotatable bonds is 7. The summed E-state index contributed by atoms with van der Waals surface area (Å²) in [7, 11) is 0. The van der Waals surface area contributed by atoms with E-state index >= 15 is 0 Å². The molecular weight excluding hydrogens is 230 g/mol. The molecule has 1 aromatic rings. The molecule has 0 aliphatic rings. The van der Waals surface area contributed by atoms with Crippen LogP contribution in [0.2, 0.25) is 0 Å². The van der Waals surface area contributed by atoms with Gasteiger partial charge in [-0.05, 0) is 38.2 Å². The summed E-state index contributed by atoms with van der Waals surface area (Å²) in [5.74, 6) is 2.41. The van der Waals surface area contributed by atoms with Crippen LogP contribution in [-0.2, 0) is 6.54 Å². The van der Waals surface area contributed by atoms with E-state index in [1.54, 1.807) is 0 Å². The first kappa shape index (κ1) is 14.6. The first-order valence-electron chi connectivity index (χ1n) is 6.49. The fourth-order valence-corrected chi connectivity index (χ4v) is 2.75. The second-order valence-electron chi connectivity index (χ2n) is 4.37. The van der Waals surface area contributed by atoms with Gasteiger partial charge >= 0.3 is 0 Å². The molecule has 0 bridgehead atoms. The molecule has 1 unspecified atom stereocenters. The summed E-state index contributed by atoms with van der Waals surface area (Å²) < 4.78 is 2.12. The van der Waals surface area contributed by atoms with Crippen molar-refractivity contribution < 1.29 is 0 Å². The lowest BCUT2D eigenvalue weighted by molar-refractivity contribution is 0.583. The zero-order valence-corrected chi connectivity index (χ0v) is 12.3. The van der Waals surface area contributed by atoms with E-state index in [0.717, 1.165) is 18.7 Å². The van der Waals surface area contributed by atoms with Gasteiger partial charge in [0.05, 0.1) is 5.69 Å². The molecule has 17 heavy (non-hydrogen) atoms. The normalized spacial score (nSPS) is 13.0. The van der Waals surface area contributed by atoms with Crippen LogP contribution in [0.4, 0.5) is 0 Å². The van der Waals surface area contributed by atoms with Gasteiger partial charge in [0.2, 0.25) is 0 Å². The first-order valence-corrected chi connectivity index (χ1v) is 7.64. The Kier molecular flexibility index (Phi) is 6.06. The van der Waals surface area contributed by atoms with Crippen LogP contribution in [0.15, 0.2) is 0 Å². The van der Waals surface area contributed by atoms with Crippen LogP contribution in [-0.4, -0.2) is 21.3 Å². The largest absolute Gasteiger partial charge is 0.324 e.